The summed E-state index contributed by atoms with van der Waals surface area (Å²) in [4.78, 5) is 16.8. The van der Waals surface area contributed by atoms with Crippen molar-refractivity contribution in [2.75, 3.05) is 0 Å². The van der Waals surface area contributed by atoms with Crippen molar-refractivity contribution in [2.45, 2.75) is 18.4 Å². The molecule has 3 aromatic rings. The molecule has 0 spiro atoms. The molecule has 2 aromatic carbocycles. The maximum absolute atomic E-state index is 12.3. The van der Waals surface area contributed by atoms with Crippen molar-refractivity contribution in [3.05, 3.63) is 64.1 Å². The first-order chi connectivity index (χ1) is 10.5. The molecule has 0 aliphatic heterocycles. The number of aryl methyl sites for hydroxylation is 1. The van der Waals surface area contributed by atoms with E-state index in [4.69, 9.17) is 0 Å². The molecule has 7 heteroatoms. The lowest BCUT2D eigenvalue weighted by atomic mass is 10.2. The molecule has 0 radical (unpaired) electrons. The Bertz CT molecular complexity index is 986. The number of aromatic amines is 2. The maximum Gasteiger partial charge on any atom is 0.323 e. The molecule has 0 amide bonds. The molecule has 22 heavy (non-hydrogen) atoms. The van der Waals surface area contributed by atoms with Crippen molar-refractivity contribution >= 4 is 21.1 Å². The molecular formula is C15H15N3O3S. The maximum atomic E-state index is 12.3. The quantitative estimate of drug-likeness (QED) is 0.682. The second kappa shape index (κ2) is 5.43. The van der Waals surface area contributed by atoms with Gasteiger partial charge in [0.2, 0.25) is 10.0 Å². The third-order valence-corrected chi connectivity index (χ3v) is 4.99. The van der Waals surface area contributed by atoms with Crippen LogP contribution in [0.5, 0.6) is 0 Å². The fraction of sp³-hybridized carbons (Fsp3) is 0.133. The average molecular weight is 317 g/mol. The highest BCUT2D eigenvalue weighted by Crippen LogP contribution is 2.15. The standard InChI is InChI=1S/C15H15N3O3S/c1-10-4-2-3-5-14(10)22(20,21)16-9-11-6-7-12-13(8-11)18-15(19)17-12/h2-8,16H,9H2,1H3,(H2,17,18,19). The summed E-state index contributed by atoms with van der Waals surface area (Å²) in [5, 5.41) is 0. The molecule has 0 aliphatic rings. The van der Waals surface area contributed by atoms with Crippen molar-refractivity contribution in [2.24, 2.45) is 0 Å². The van der Waals surface area contributed by atoms with Crippen molar-refractivity contribution in [3.8, 4) is 0 Å². The van der Waals surface area contributed by atoms with Gasteiger partial charge in [0.05, 0.1) is 15.9 Å². The molecule has 1 aromatic heterocycles. The summed E-state index contributed by atoms with van der Waals surface area (Å²) in [7, 11) is -3.57. The minimum atomic E-state index is -3.57. The number of imidazole rings is 1. The minimum Gasteiger partial charge on any atom is -0.306 e. The molecule has 0 fully saturated rings. The monoisotopic (exact) mass is 317 g/mol. The van der Waals surface area contributed by atoms with Crippen LogP contribution >= 0.6 is 0 Å². The van der Waals surface area contributed by atoms with Gasteiger partial charge in [-0.25, -0.2) is 17.9 Å². The van der Waals surface area contributed by atoms with Gasteiger partial charge in [0.1, 0.15) is 0 Å². The highest BCUT2D eigenvalue weighted by molar-refractivity contribution is 7.89. The smallest absolute Gasteiger partial charge is 0.306 e. The number of aromatic nitrogens is 2. The van der Waals surface area contributed by atoms with E-state index in [0.717, 1.165) is 5.56 Å². The minimum absolute atomic E-state index is 0.153. The Labute approximate surface area is 127 Å². The number of benzene rings is 2. The lowest BCUT2D eigenvalue weighted by Crippen LogP contribution is -2.23. The van der Waals surface area contributed by atoms with Crippen molar-refractivity contribution < 1.29 is 8.42 Å². The zero-order chi connectivity index (χ0) is 15.7. The third kappa shape index (κ3) is 2.81. The van der Waals surface area contributed by atoms with E-state index in [9.17, 15) is 13.2 Å². The van der Waals surface area contributed by atoms with E-state index >= 15 is 0 Å². The number of rotatable bonds is 4. The summed E-state index contributed by atoms with van der Waals surface area (Å²) >= 11 is 0. The van der Waals surface area contributed by atoms with Crippen LogP contribution in [0.25, 0.3) is 11.0 Å². The van der Waals surface area contributed by atoms with Gasteiger partial charge in [-0.05, 0) is 36.2 Å². The molecule has 0 saturated carbocycles. The molecule has 0 unspecified atom stereocenters. The van der Waals surface area contributed by atoms with E-state index in [0.29, 0.717) is 16.6 Å². The molecule has 1 heterocycles. The molecular weight excluding hydrogens is 302 g/mol. The van der Waals surface area contributed by atoms with Gasteiger partial charge < -0.3 is 9.97 Å². The molecule has 6 nitrogen and oxygen atoms in total. The van der Waals surface area contributed by atoms with E-state index in [-0.39, 0.29) is 17.1 Å². The van der Waals surface area contributed by atoms with Crippen LogP contribution in [0.2, 0.25) is 0 Å². The number of nitrogens with one attached hydrogen (secondary N) is 3. The number of H-pyrrole nitrogens is 2. The molecule has 0 bridgehead atoms. The lowest BCUT2D eigenvalue weighted by Gasteiger charge is -2.09. The third-order valence-electron chi connectivity index (χ3n) is 3.43. The Hall–Kier alpha value is -2.38. The van der Waals surface area contributed by atoms with Gasteiger partial charge in [0, 0.05) is 6.54 Å². The van der Waals surface area contributed by atoms with E-state index in [1.807, 2.05) is 0 Å². The largest absolute Gasteiger partial charge is 0.323 e. The Morgan fingerprint density at radius 2 is 1.77 bits per heavy atom. The summed E-state index contributed by atoms with van der Waals surface area (Å²) in [6, 6.07) is 12.1. The van der Waals surface area contributed by atoms with Crippen molar-refractivity contribution in [1.82, 2.24) is 14.7 Å². The Balaban J connectivity index is 1.84. The molecule has 114 valence electrons. The molecule has 0 atom stereocenters. The van der Waals surface area contributed by atoms with E-state index < -0.39 is 10.0 Å². The summed E-state index contributed by atoms with van der Waals surface area (Å²) in [6.45, 7) is 1.91. The number of fused-ring (bicyclic) bond motifs is 1. The van der Waals surface area contributed by atoms with Crippen molar-refractivity contribution in [1.29, 1.82) is 0 Å². The van der Waals surface area contributed by atoms with E-state index in [2.05, 4.69) is 14.7 Å². The molecule has 0 aliphatic carbocycles. The van der Waals surface area contributed by atoms with Gasteiger partial charge in [0.25, 0.3) is 0 Å². The molecule has 3 N–H and O–H groups in total. The lowest BCUT2D eigenvalue weighted by molar-refractivity contribution is 0.580. The van der Waals surface area contributed by atoms with Crippen LogP contribution in [0, 0.1) is 6.92 Å². The van der Waals surface area contributed by atoms with Crippen LogP contribution in [-0.2, 0) is 16.6 Å². The number of hydrogen-bond acceptors (Lipinski definition) is 3. The highest BCUT2D eigenvalue weighted by atomic mass is 32.2. The predicted octanol–water partition coefficient (Wildman–Crippen LogP) is 1.64. The SMILES string of the molecule is Cc1ccccc1S(=O)(=O)NCc1ccc2[nH]c(=O)[nH]c2c1. The normalized spacial score (nSPS) is 11.9. The van der Waals surface area contributed by atoms with Crippen molar-refractivity contribution in [3.63, 3.8) is 0 Å². The van der Waals surface area contributed by atoms with Gasteiger partial charge >= 0.3 is 5.69 Å². The van der Waals surface area contributed by atoms with Gasteiger partial charge in [-0.2, -0.15) is 0 Å². The molecule has 0 saturated heterocycles. The van der Waals surface area contributed by atoms with Gasteiger partial charge in [-0.1, -0.05) is 24.3 Å². The summed E-state index contributed by atoms with van der Waals surface area (Å²) < 4.78 is 27.2. The van der Waals surface area contributed by atoms with Gasteiger partial charge in [-0.3, -0.25) is 0 Å². The zero-order valence-corrected chi connectivity index (χ0v) is 12.7. The summed E-state index contributed by atoms with van der Waals surface area (Å²) in [6.07, 6.45) is 0. The first-order valence-corrected chi connectivity index (χ1v) is 8.20. The second-order valence-corrected chi connectivity index (χ2v) is 6.78. The van der Waals surface area contributed by atoms with Gasteiger partial charge in [-0.15, -0.1) is 0 Å². The van der Waals surface area contributed by atoms with Crippen LogP contribution in [0.4, 0.5) is 0 Å². The average Bonchev–Trinajstić information content (AvgIpc) is 2.85. The first kappa shape index (κ1) is 14.6. The first-order valence-electron chi connectivity index (χ1n) is 6.72. The summed E-state index contributed by atoms with van der Waals surface area (Å²) in [5.41, 5.74) is 2.51. The van der Waals surface area contributed by atoms with Crippen LogP contribution < -0.4 is 10.4 Å². The predicted molar refractivity (Wildman–Crippen MR) is 84.1 cm³/mol. The number of hydrogen-bond donors (Lipinski definition) is 3. The van der Waals surface area contributed by atoms with E-state index in [1.165, 1.54) is 0 Å². The Morgan fingerprint density at radius 3 is 2.55 bits per heavy atom. The highest BCUT2D eigenvalue weighted by Gasteiger charge is 2.15. The summed E-state index contributed by atoms with van der Waals surface area (Å²) in [5.74, 6) is 0. The van der Waals surface area contributed by atoms with E-state index in [1.54, 1.807) is 49.4 Å². The topological polar surface area (TPSA) is 94.8 Å². The van der Waals surface area contributed by atoms with Crippen LogP contribution in [0.3, 0.4) is 0 Å². The van der Waals surface area contributed by atoms with Crippen LogP contribution in [0.15, 0.2) is 52.2 Å². The Kier molecular flexibility index (Phi) is 3.59. The Morgan fingerprint density at radius 1 is 1.05 bits per heavy atom. The van der Waals surface area contributed by atoms with Crippen LogP contribution in [0.1, 0.15) is 11.1 Å². The zero-order valence-electron chi connectivity index (χ0n) is 11.9. The van der Waals surface area contributed by atoms with Crippen LogP contribution in [-0.4, -0.2) is 18.4 Å². The number of sulfonamides is 1. The van der Waals surface area contributed by atoms with Gasteiger partial charge in [0.15, 0.2) is 0 Å². The fourth-order valence-electron chi connectivity index (χ4n) is 2.30. The molecule has 3 rings (SSSR count). The fourth-order valence-corrected chi connectivity index (χ4v) is 3.57. The second-order valence-electron chi connectivity index (χ2n) is 5.05.